The van der Waals surface area contributed by atoms with Gasteiger partial charge in [-0.1, -0.05) is 5.16 Å². The van der Waals surface area contributed by atoms with Crippen molar-refractivity contribution in [1.82, 2.24) is 25.2 Å². The number of aryl methyl sites for hydroxylation is 1. The van der Waals surface area contributed by atoms with E-state index in [2.05, 4.69) is 20.5 Å². The Labute approximate surface area is 145 Å². The maximum atomic E-state index is 12.3. The summed E-state index contributed by atoms with van der Waals surface area (Å²) in [7, 11) is 5.50. The molecule has 0 spiro atoms. The monoisotopic (exact) mass is 349 g/mol. The standard InChI is InChI=1S/C16H23N5O4/c1-20-6-7-24-14(15(20)13-4-5-18-21(13)2)9-17-16(22)12-8-11(10-23-3)25-19-12/h4-5,8,14-15H,6-7,9-10H2,1-3H3,(H,17,22)/t14-,15-/m0/s1. The van der Waals surface area contributed by atoms with Crippen LogP contribution in [-0.2, 0) is 23.1 Å². The van der Waals surface area contributed by atoms with E-state index < -0.39 is 0 Å². The van der Waals surface area contributed by atoms with Crippen molar-refractivity contribution in [1.29, 1.82) is 0 Å². The number of ether oxygens (including phenoxy) is 2. The quantitative estimate of drug-likeness (QED) is 0.804. The molecule has 2 aromatic heterocycles. The highest BCUT2D eigenvalue weighted by Gasteiger charge is 2.33. The molecule has 0 radical (unpaired) electrons. The van der Waals surface area contributed by atoms with Gasteiger partial charge in [-0.05, 0) is 13.1 Å². The molecule has 0 aliphatic carbocycles. The number of methoxy groups -OCH3 is 1. The Bertz CT molecular complexity index is 713. The van der Waals surface area contributed by atoms with Crippen molar-refractivity contribution in [2.75, 3.05) is 33.9 Å². The fraction of sp³-hybridized carbons (Fsp3) is 0.562. The molecule has 2 aromatic rings. The van der Waals surface area contributed by atoms with Gasteiger partial charge in [-0.2, -0.15) is 5.10 Å². The third kappa shape index (κ3) is 3.89. The van der Waals surface area contributed by atoms with Crippen molar-refractivity contribution < 1.29 is 18.8 Å². The summed E-state index contributed by atoms with van der Waals surface area (Å²) in [6.45, 7) is 2.09. The van der Waals surface area contributed by atoms with Crippen LogP contribution in [0.1, 0.15) is 28.0 Å². The van der Waals surface area contributed by atoms with Gasteiger partial charge in [-0.25, -0.2) is 0 Å². The SMILES string of the molecule is COCc1cc(C(=O)NC[C@@H]2OCCN(C)[C@H]2c2ccnn2C)no1. The molecule has 1 aliphatic heterocycles. The highest BCUT2D eigenvalue weighted by Crippen LogP contribution is 2.27. The van der Waals surface area contributed by atoms with E-state index in [4.69, 9.17) is 14.0 Å². The van der Waals surface area contributed by atoms with Crippen molar-refractivity contribution in [3.63, 3.8) is 0 Å². The lowest BCUT2D eigenvalue weighted by molar-refractivity contribution is -0.0629. The third-order valence-electron chi connectivity index (χ3n) is 4.31. The maximum absolute atomic E-state index is 12.3. The van der Waals surface area contributed by atoms with Crippen LogP contribution in [0.4, 0.5) is 0 Å². The van der Waals surface area contributed by atoms with Gasteiger partial charge in [0.25, 0.3) is 5.91 Å². The average Bonchev–Trinajstić information content (AvgIpc) is 3.22. The summed E-state index contributed by atoms with van der Waals surface area (Å²) in [5.41, 5.74) is 1.28. The minimum Gasteiger partial charge on any atom is -0.377 e. The van der Waals surface area contributed by atoms with Crippen LogP contribution in [0.5, 0.6) is 0 Å². The molecule has 3 rings (SSSR count). The number of hydrogen-bond acceptors (Lipinski definition) is 7. The fourth-order valence-electron chi connectivity index (χ4n) is 3.04. The Morgan fingerprint density at radius 2 is 2.32 bits per heavy atom. The van der Waals surface area contributed by atoms with Gasteiger partial charge in [0.05, 0.1) is 24.4 Å². The maximum Gasteiger partial charge on any atom is 0.273 e. The topological polar surface area (TPSA) is 94.7 Å². The summed E-state index contributed by atoms with van der Waals surface area (Å²) in [5.74, 6) is 0.209. The third-order valence-corrected chi connectivity index (χ3v) is 4.31. The molecular formula is C16H23N5O4. The second-order valence-corrected chi connectivity index (χ2v) is 6.04. The minimum atomic E-state index is -0.299. The summed E-state index contributed by atoms with van der Waals surface area (Å²) >= 11 is 0. The van der Waals surface area contributed by atoms with Gasteiger partial charge in [0.2, 0.25) is 0 Å². The molecule has 1 aliphatic rings. The number of likely N-dealkylation sites (N-methyl/N-ethyl adjacent to an activating group) is 1. The van der Waals surface area contributed by atoms with Gasteiger partial charge in [-0.3, -0.25) is 14.4 Å². The Balaban J connectivity index is 1.65. The number of nitrogens with zero attached hydrogens (tertiary/aromatic N) is 4. The highest BCUT2D eigenvalue weighted by atomic mass is 16.5. The zero-order valence-electron chi connectivity index (χ0n) is 14.6. The van der Waals surface area contributed by atoms with Crippen LogP contribution in [0.25, 0.3) is 0 Å². The van der Waals surface area contributed by atoms with Crippen LogP contribution in [0.3, 0.4) is 0 Å². The van der Waals surface area contributed by atoms with Gasteiger partial charge in [0.1, 0.15) is 6.61 Å². The molecule has 2 atom stereocenters. The van der Waals surface area contributed by atoms with E-state index in [1.54, 1.807) is 19.4 Å². The van der Waals surface area contributed by atoms with Gasteiger partial charge >= 0.3 is 0 Å². The summed E-state index contributed by atoms with van der Waals surface area (Å²) in [5, 5.41) is 10.9. The Morgan fingerprint density at radius 1 is 1.48 bits per heavy atom. The minimum absolute atomic E-state index is 0.0166. The molecule has 9 nitrogen and oxygen atoms in total. The predicted molar refractivity (Wildman–Crippen MR) is 87.9 cm³/mol. The van der Waals surface area contributed by atoms with Crippen LogP contribution >= 0.6 is 0 Å². The van der Waals surface area contributed by atoms with Gasteiger partial charge in [0.15, 0.2) is 11.5 Å². The highest BCUT2D eigenvalue weighted by molar-refractivity contribution is 5.92. The molecule has 9 heteroatoms. The first-order valence-electron chi connectivity index (χ1n) is 8.12. The van der Waals surface area contributed by atoms with Crippen LogP contribution in [0.15, 0.2) is 22.9 Å². The first-order valence-corrected chi connectivity index (χ1v) is 8.12. The first kappa shape index (κ1) is 17.6. The van der Waals surface area contributed by atoms with Gasteiger partial charge in [-0.15, -0.1) is 0 Å². The first-order chi connectivity index (χ1) is 12.1. The van der Waals surface area contributed by atoms with Crippen molar-refractivity contribution in [3.8, 4) is 0 Å². The van der Waals surface area contributed by atoms with Crippen molar-refractivity contribution >= 4 is 5.91 Å². The Kier molecular flexibility index (Phi) is 5.47. The number of amides is 1. The summed E-state index contributed by atoms with van der Waals surface area (Å²) in [6.07, 6.45) is 1.59. The molecule has 136 valence electrons. The van der Waals surface area contributed by atoms with Crippen molar-refractivity contribution in [2.24, 2.45) is 7.05 Å². The number of morpholine rings is 1. The van der Waals surface area contributed by atoms with E-state index >= 15 is 0 Å². The Morgan fingerprint density at radius 3 is 3.04 bits per heavy atom. The lowest BCUT2D eigenvalue weighted by Crippen LogP contribution is -2.48. The molecule has 1 amide bonds. The summed E-state index contributed by atoms with van der Waals surface area (Å²) in [4.78, 5) is 14.5. The fourth-order valence-corrected chi connectivity index (χ4v) is 3.04. The zero-order chi connectivity index (χ0) is 17.8. The number of hydrogen-bond donors (Lipinski definition) is 1. The molecule has 25 heavy (non-hydrogen) atoms. The van der Waals surface area contributed by atoms with Gasteiger partial charge < -0.3 is 19.3 Å². The van der Waals surface area contributed by atoms with Crippen molar-refractivity contribution in [2.45, 2.75) is 18.8 Å². The lowest BCUT2D eigenvalue weighted by Gasteiger charge is -2.39. The van der Waals surface area contributed by atoms with E-state index in [0.717, 1.165) is 12.2 Å². The summed E-state index contributed by atoms with van der Waals surface area (Å²) in [6, 6.07) is 3.56. The van der Waals surface area contributed by atoms with Crippen LogP contribution < -0.4 is 5.32 Å². The van der Waals surface area contributed by atoms with E-state index in [-0.39, 0.29) is 30.4 Å². The smallest absolute Gasteiger partial charge is 0.273 e. The second kappa shape index (κ2) is 7.77. The molecule has 0 bridgehead atoms. The van der Waals surface area contributed by atoms with E-state index in [1.165, 1.54) is 0 Å². The molecule has 1 fully saturated rings. The van der Waals surface area contributed by atoms with Crippen LogP contribution in [0, 0.1) is 0 Å². The second-order valence-electron chi connectivity index (χ2n) is 6.04. The molecule has 3 heterocycles. The van der Waals surface area contributed by atoms with Crippen LogP contribution in [0.2, 0.25) is 0 Å². The molecule has 0 saturated carbocycles. The summed E-state index contributed by atoms with van der Waals surface area (Å²) < 4.78 is 17.7. The number of carbonyl (C=O) groups excluding carboxylic acids is 1. The molecule has 0 aromatic carbocycles. The average molecular weight is 349 g/mol. The number of rotatable bonds is 6. The molecule has 1 saturated heterocycles. The number of carbonyl (C=O) groups is 1. The zero-order valence-corrected chi connectivity index (χ0v) is 14.6. The molecule has 0 unspecified atom stereocenters. The van der Waals surface area contributed by atoms with Crippen molar-refractivity contribution in [3.05, 3.63) is 35.5 Å². The van der Waals surface area contributed by atoms with Gasteiger partial charge in [0, 0.05) is 39.5 Å². The normalized spacial score (nSPS) is 21.4. The Hall–Kier alpha value is -2.23. The number of aromatic nitrogens is 3. The number of nitrogens with one attached hydrogen (secondary N) is 1. The van der Waals surface area contributed by atoms with E-state index in [1.807, 2.05) is 24.8 Å². The molecule has 1 N–H and O–H groups in total. The largest absolute Gasteiger partial charge is 0.377 e. The van der Waals surface area contributed by atoms with Crippen LogP contribution in [-0.4, -0.2) is 65.7 Å². The molecular weight excluding hydrogens is 326 g/mol. The predicted octanol–water partition coefficient (Wildman–Crippen LogP) is 0.356. The van der Waals surface area contributed by atoms with E-state index in [0.29, 0.717) is 18.9 Å². The van der Waals surface area contributed by atoms with E-state index in [9.17, 15) is 4.79 Å². The lowest BCUT2D eigenvalue weighted by atomic mass is 10.0.